The summed E-state index contributed by atoms with van der Waals surface area (Å²) in [5.41, 5.74) is 1.80. The summed E-state index contributed by atoms with van der Waals surface area (Å²) in [6.45, 7) is 0.0337. The molecule has 0 fully saturated rings. The van der Waals surface area contributed by atoms with Crippen LogP contribution in [0.3, 0.4) is 0 Å². The highest BCUT2D eigenvalue weighted by atomic mass is 16.5. The number of esters is 1. The number of benzene rings is 1. The van der Waals surface area contributed by atoms with Gasteiger partial charge in [0, 0.05) is 6.54 Å². The quantitative estimate of drug-likeness (QED) is 0.471. The Kier molecular flexibility index (Phi) is 7.64. The molecule has 0 bridgehead atoms. The number of carbonyl (C=O) groups excluding carboxylic acids is 3. The lowest BCUT2D eigenvalue weighted by molar-refractivity contribution is -0.124. The molecule has 2 amide bonds. The topological polar surface area (TPSA) is 128 Å². The minimum Gasteiger partial charge on any atom is -0.452 e. The van der Waals surface area contributed by atoms with Gasteiger partial charge in [-0.15, -0.1) is 5.10 Å². The van der Waals surface area contributed by atoms with Gasteiger partial charge in [-0.2, -0.15) is 0 Å². The summed E-state index contributed by atoms with van der Waals surface area (Å²) in [5, 5.41) is 15.9. The minimum absolute atomic E-state index is 0.102. The highest BCUT2D eigenvalue weighted by molar-refractivity contribution is 6.01. The molecule has 0 unspecified atom stereocenters. The number of hydrogen-bond acceptors (Lipinski definition) is 7. The molecule has 1 aliphatic carbocycles. The van der Waals surface area contributed by atoms with Crippen LogP contribution in [0.25, 0.3) is 0 Å². The average Bonchev–Trinajstić information content (AvgIpc) is 3.26. The van der Waals surface area contributed by atoms with Crippen LogP contribution in [0.1, 0.15) is 42.5 Å². The van der Waals surface area contributed by atoms with Crippen molar-refractivity contribution in [1.82, 2.24) is 25.5 Å². The number of hydrogen-bond donors (Lipinski definition) is 2. The first kappa shape index (κ1) is 21.2. The molecule has 30 heavy (non-hydrogen) atoms. The maximum Gasteiger partial charge on any atom is 0.340 e. The van der Waals surface area contributed by atoms with Crippen LogP contribution in [0.5, 0.6) is 0 Å². The number of ether oxygens (including phenoxy) is 1. The third kappa shape index (κ3) is 6.50. The lowest BCUT2D eigenvalue weighted by Gasteiger charge is -2.13. The van der Waals surface area contributed by atoms with Crippen molar-refractivity contribution in [2.75, 3.05) is 18.5 Å². The SMILES string of the molecule is O=C(COC(=O)c1ccccc1NC(=O)Cn1cnnn1)NCCC1=CCCCC1. The molecule has 10 heteroatoms. The summed E-state index contributed by atoms with van der Waals surface area (Å²) in [7, 11) is 0. The molecule has 10 nitrogen and oxygen atoms in total. The standard InChI is InChI=1S/C20H24N6O4/c27-18(12-26-14-22-24-25-26)23-17-9-5-4-8-16(17)20(29)30-13-19(28)21-11-10-15-6-2-1-3-7-15/h4-6,8-9,14H,1-3,7,10-13H2,(H,21,28)(H,23,27). The smallest absolute Gasteiger partial charge is 0.340 e. The zero-order valence-corrected chi connectivity index (χ0v) is 16.5. The van der Waals surface area contributed by atoms with Crippen molar-refractivity contribution in [3.63, 3.8) is 0 Å². The van der Waals surface area contributed by atoms with E-state index in [9.17, 15) is 14.4 Å². The number of para-hydroxylation sites is 1. The van der Waals surface area contributed by atoms with Crippen molar-refractivity contribution < 1.29 is 19.1 Å². The molecule has 1 aromatic carbocycles. The Labute approximate surface area is 173 Å². The molecule has 0 saturated carbocycles. The monoisotopic (exact) mass is 412 g/mol. The summed E-state index contributed by atoms with van der Waals surface area (Å²) in [6.07, 6.45) is 8.97. The number of tetrazole rings is 1. The number of allylic oxidation sites excluding steroid dienone is 1. The average molecular weight is 412 g/mol. The van der Waals surface area contributed by atoms with E-state index in [-0.39, 0.29) is 30.3 Å². The van der Waals surface area contributed by atoms with E-state index in [1.807, 2.05) is 0 Å². The number of rotatable bonds is 9. The van der Waals surface area contributed by atoms with Gasteiger partial charge in [0.05, 0.1) is 11.3 Å². The normalized spacial score (nSPS) is 13.3. The van der Waals surface area contributed by atoms with Gasteiger partial charge in [0.25, 0.3) is 5.91 Å². The number of nitrogens with one attached hydrogen (secondary N) is 2. The molecule has 2 aromatic rings. The molecule has 0 atom stereocenters. The van der Waals surface area contributed by atoms with E-state index in [1.54, 1.807) is 18.2 Å². The predicted octanol–water partition coefficient (Wildman–Crippen LogP) is 1.48. The van der Waals surface area contributed by atoms with E-state index >= 15 is 0 Å². The fraction of sp³-hybridized carbons (Fsp3) is 0.400. The van der Waals surface area contributed by atoms with E-state index in [1.165, 1.54) is 35.5 Å². The second kappa shape index (κ2) is 10.8. The largest absolute Gasteiger partial charge is 0.452 e. The maximum absolute atomic E-state index is 12.4. The summed E-state index contributed by atoms with van der Waals surface area (Å²) in [4.78, 5) is 36.5. The minimum atomic E-state index is -0.696. The Bertz CT molecular complexity index is 910. The summed E-state index contributed by atoms with van der Waals surface area (Å²) in [5.74, 6) is -1.46. The first-order valence-electron chi connectivity index (χ1n) is 9.83. The predicted molar refractivity (Wildman–Crippen MR) is 107 cm³/mol. The Morgan fingerprint density at radius 2 is 2.00 bits per heavy atom. The van der Waals surface area contributed by atoms with Gasteiger partial charge >= 0.3 is 5.97 Å². The van der Waals surface area contributed by atoms with Gasteiger partial charge in [-0.1, -0.05) is 23.8 Å². The van der Waals surface area contributed by atoms with Crippen LogP contribution < -0.4 is 10.6 Å². The van der Waals surface area contributed by atoms with Crippen LogP contribution in [-0.2, 0) is 20.9 Å². The molecule has 2 N–H and O–H groups in total. The summed E-state index contributed by atoms with van der Waals surface area (Å²) in [6, 6.07) is 6.41. The summed E-state index contributed by atoms with van der Waals surface area (Å²) >= 11 is 0. The number of amides is 2. The fourth-order valence-corrected chi connectivity index (χ4v) is 3.11. The highest BCUT2D eigenvalue weighted by Gasteiger charge is 2.16. The molecular formula is C20H24N6O4. The summed E-state index contributed by atoms with van der Waals surface area (Å²) < 4.78 is 6.36. The van der Waals surface area contributed by atoms with Gasteiger partial charge in [0.2, 0.25) is 5.91 Å². The van der Waals surface area contributed by atoms with Crippen molar-refractivity contribution >= 4 is 23.5 Å². The number of nitrogens with zero attached hydrogens (tertiary/aromatic N) is 4. The molecule has 1 aromatic heterocycles. The molecule has 1 heterocycles. The van der Waals surface area contributed by atoms with Crippen molar-refractivity contribution in [3.8, 4) is 0 Å². The Morgan fingerprint density at radius 3 is 2.77 bits per heavy atom. The first-order valence-corrected chi connectivity index (χ1v) is 9.83. The van der Waals surface area contributed by atoms with Crippen LogP contribution >= 0.6 is 0 Å². The van der Waals surface area contributed by atoms with Crippen LogP contribution in [0.2, 0.25) is 0 Å². The first-order chi connectivity index (χ1) is 14.6. The van der Waals surface area contributed by atoms with E-state index in [0.717, 1.165) is 19.3 Å². The Morgan fingerprint density at radius 1 is 1.13 bits per heavy atom. The van der Waals surface area contributed by atoms with Crippen molar-refractivity contribution in [2.24, 2.45) is 0 Å². The molecule has 0 saturated heterocycles. The van der Waals surface area contributed by atoms with Gasteiger partial charge in [-0.25, -0.2) is 9.48 Å². The third-order valence-electron chi connectivity index (χ3n) is 4.61. The maximum atomic E-state index is 12.4. The van der Waals surface area contributed by atoms with Gasteiger partial charge in [0.1, 0.15) is 12.9 Å². The Hall–Kier alpha value is -3.56. The molecule has 0 radical (unpaired) electrons. The molecule has 158 valence electrons. The lowest BCUT2D eigenvalue weighted by atomic mass is 9.97. The van der Waals surface area contributed by atoms with Crippen LogP contribution in [-0.4, -0.2) is 51.1 Å². The van der Waals surface area contributed by atoms with Crippen molar-refractivity contribution in [3.05, 3.63) is 47.8 Å². The van der Waals surface area contributed by atoms with E-state index < -0.39 is 11.9 Å². The van der Waals surface area contributed by atoms with E-state index in [0.29, 0.717) is 6.54 Å². The van der Waals surface area contributed by atoms with Crippen molar-refractivity contribution in [1.29, 1.82) is 0 Å². The number of carbonyl (C=O) groups is 3. The lowest BCUT2D eigenvalue weighted by Crippen LogP contribution is -2.30. The van der Waals surface area contributed by atoms with E-state index in [4.69, 9.17) is 4.74 Å². The molecule has 0 aliphatic heterocycles. The zero-order valence-electron chi connectivity index (χ0n) is 16.5. The van der Waals surface area contributed by atoms with Gasteiger partial charge in [0.15, 0.2) is 6.61 Å². The molecule has 0 spiro atoms. The molecule has 3 rings (SSSR count). The fourth-order valence-electron chi connectivity index (χ4n) is 3.11. The van der Waals surface area contributed by atoms with Gasteiger partial charge in [-0.3, -0.25) is 9.59 Å². The molecule has 1 aliphatic rings. The van der Waals surface area contributed by atoms with Crippen LogP contribution in [0.15, 0.2) is 42.2 Å². The third-order valence-corrected chi connectivity index (χ3v) is 4.61. The molecular weight excluding hydrogens is 388 g/mol. The Balaban J connectivity index is 1.46. The van der Waals surface area contributed by atoms with Crippen LogP contribution in [0.4, 0.5) is 5.69 Å². The second-order valence-electron chi connectivity index (χ2n) is 6.89. The van der Waals surface area contributed by atoms with Crippen LogP contribution in [0, 0.1) is 0 Å². The zero-order chi connectivity index (χ0) is 21.2. The number of anilines is 1. The highest BCUT2D eigenvalue weighted by Crippen LogP contribution is 2.19. The van der Waals surface area contributed by atoms with Gasteiger partial charge in [-0.05, 0) is 54.7 Å². The number of aromatic nitrogens is 4. The second-order valence-corrected chi connectivity index (χ2v) is 6.89. The van der Waals surface area contributed by atoms with E-state index in [2.05, 4.69) is 32.2 Å². The van der Waals surface area contributed by atoms with Crippen molar-refractivity contribution in [2.45, 2.75) is 38.6 Å². The van der Waals surface area contributed by atoms with Gasteiger partial charge < -0.3 is 15.4 Å².